The molecule has 4 rings (SSSR count). The maximum Gasteiger partial charge on any atom is 0.271 e. The van der Waals surface area contributed by atoms with Gasteiger partial charge in [0.1, 0.15) is 5.75 Å². The number of rotatable bonds is 7. The predicted molar refractivity (Wildman–Crippen MR) is 126 cm³/mol. The summed E-state index contributed by atoms with van der Waals surface area (Å²) in [5, 5.41) is 28.4. The Bertz CT molecular complexity index is 1170. The molecule has 33 heavy (non-hydrogen) atoms. The molecule has 0 spiro atoms. The van der Waals surface area contributed by atoms with Gasteiger partial charge in [-0.1, -0.05) is 18.2 Å². The van der Waals surface area contributed by atoms with Gasteiger partial charge in [0.2, 0.25) is 17.8 Å². The van der Waals surface area contributed by atoms with E-state index in [1.807, 2.05) is 35.2 Å². The lowest BCUT2D eigenvalue weighted by Crippen LogP contribution is -2.37. The summed E-state index contributed by atoms with van der Waals surface area (Å²) in [6.07, 6.45) is 1.25. The van der Waals surface area contributed by atoms with Crippen molar-refractivity contribution in [2.75, 3.05) is 41.9 Å². The van der Waals surface area contributed by atoms with E-state index in [1.165, 1.54) is 18.3 Å². The first-order chi connectivity index (χ1) is 16.0. The number of ether oxygens (including phenoxy) is 1. The Labute approximate surface area is 196 Å². The standard InChI is InChI=1S/C20H19BrN8O4/c21-16-11-15(29(31)32)10-13(17(16)30)12-22-27-19-24-18(23-14-4-2-1-3-5-14)25-20(26-19)28-6-8-33-9-7-28/h1-5,10-12,30H,6-9H2,(H2,23,24,25,26,27). The summed E-state index contributed by atoms with van der Waals surface area (Å²) >= 11 is 3.10. The molecule has 3 aromatic rings. The van der Waals surface area contributed by atoms with Crippen molar-refractivity contribution in [1.82, 2.24) is 15.0 Å². The van der Waals surface area contributed by atoms with Crippen molar-refractivity contribution < 1.29 is 14.8 Å². The monoisotopic (exact) mass is 514 g/mol. The van der Waals surface area contributed by atoms with Gasteiger partial charge in [0, 0.05) is 36.5 Å². The van der Waals surface area contributed by atoms with E-state index in [2.05, 4.69) is 46.7 Å². The van der Waals surface area contributed by atoms with Gasteiger partial charge in [0.05, 0.1) is 28.8 Å². The number of anilines is 4. The SMILES string of the molecule is O=[N+]([O-])c1cc(Br)c(O)c(C=NNc2nc(Nc3ccccc3)nc(N3CCOCC3)n2)c1. The van der Waals surface area contributed by atoms with Crippen LogP contribution in [0.5, 0.6) is 5.75 Å². The third-order valence-electron chi connectivity index (χ3n) is 4.60. The minimum atomic E-state index is -0.558. The fraction of sp³-hybridized carbons (Fsp3) is 0.200. The molecule has 1 fully saturated rings. The quantitative estimate of drug-likeness (QED) is 0.243. The summed E-state index contributed by atoms with van der Waals surface area (Å²) in [6, 6.07) is 11.9. The zero-order chi connectivity index (χ0) is 23.2. The van der Waals surface area contributed by atoms with Crippen molar-refractivity contribution in [1.29, 1.82) is 0 Å². The van der Waals surface area contributed by atoms with Crippen LogP contribution in [0.25, 0.3) is 0 Å². The number of nitro groups is 1. The topological polar surface area (TPSA) is 151 Å². The van der Waals surface area contributed by atoms with E-state index >= 15 is 0 Å². The second kappa shape index (κ2) is 10.2. The van der Waals surface area contributed by atoms with Crippen molar-refractivity contribution in [2.24, 2.45) is 5.10 Å². The zero-order valence-electron chi connectivity index (χ0n) is 17.2. The van der Waals surface area contributed by atoms with E-state index in [9.17, 15) is 15.2 Å². The number of nitrogens with zero attached hydrogens (tertiary/aromatic N) is 6. The lowest BCUT2D eigenvalue weighted by molar-refractivity contribution is -0.385. The number of phenols is 1. The van der Waals surface area contributed by atoms with Gasteiger partial charge in [0.15, 0.2) is 0 Å². The molecular weight excluding hydrogens is 496 g/mol. The largest absolute Gasteiger partial charge is 0.506 e. The third-order valence-corrected chi connectivity index (χ3v) is 5.21. The van der Waals surface area contributed by atoms with Crippen molar-refractivity contribution in [3.63, 3.8) is 0 Å². The first kappa shape index (κ1) is 22.4. The highest BCUT2D eigenvalue weighted by atomic mass is 79.9. The molecule has 2 heterocycles. The van der Waals surface area contributed by atoms with Crippen LogP contribution in [0.1, 0.15) is 5.56 Å². The Kier molecular flexibility index (Phi) is 6.90. The predicted octanol–water partition coefficient (Wildman–Crippen LogP) is 3.27. The van der Waals surface area contributed by atoms with Gasteiger partial charge < -0.3 is 20.1 Å². The average Bonchev–Trinajstić information content (AvgIpc) is 2.82. The van der Waals surface area contributed by atoms with E-state index in [0.717, 1.165) is 5.69 Å². The van der Waals surface area contributed by atoms with Gasteiger partial charge in [-0.2, -0.15) is 20.1 Å². The van der Waals surface area contributed by atoms with Gasteiger partial charge in [-0.25, -0.2) is 5.43 Å². The van der Waals surface area contributed by atoms with Crippen LogP contribution < -0.4 is 15.6 Å². The number of para-hydroxylation sites is 1. The van der Waals surface area contributed by atoms with Crippen molar-refractivity contribution in [3.8, 4) is 5.75 Å². The van der Waals surface area contributed by atoms with Gasteiger partial charge >= 0.3 is 0 Å². The minimum absolute atomic E-state index is 0.147. The molecule has 13 heteroatoms. The molecule has 12 nitrogen and oxygen atoms in total. The fourth-order valence-corrected chi connectivity index (χ4v) is 3.46. The number of benzene rings is 2. The molecule has 1 aliphatic rings. The van der Waals surface area contributed by atoms with Crippen LogP contribution in [0, 0.1) is 10.1 Å². The van der Waals surface area contributed by atoms with E-state index in [1.54, 1.807) is 0 Å². The van der Waals surface area contributed by atoms with Crippen molar-refractivity contribution >= 4 is 51.4 Å². The lowest BCUT2D eigenvalue weighted by Gasteiger charge is -2.27. The van der Waals surface area contributed by atoms with Gasteiger partial charge in [-0.15, -0.1) is 0 Å². The number of morpholine rings is 1. The fourth-order valence-electron chi connectivity index (χ4n) is 2.99. The molecule has 0 bridgehead atoms. The number of halogens is 1. The summed E-state index contributed by atoms with van der Waals surface area (Å²) in [7, 11) is 0. The van der Waals surface area contributed by atoms with E-state index in [0.29, 0.717) is 38.2 Å². The Morgan fingerprint density at radius 2 is 1.88 bits per heavy atom. The molecular formula is C20H19BrN8O4. The Balaban J connectivity index is 1.60. The molecule has 1 aromatic heterocycles. The Morgan fingerprint density at radius 1 is 1.15 bits per heavy atom. The second-order valence-corrected chi connectivity index (χ2v) is 7.72. The van der Waals surface area contributed by atoms with Gasteiger partial charge in [0.25, 0.3) is 5.69 Å². The zero-order valence-corrected chi connectivity index (χ0v) is 18.8. The molecule has 2 aromatic carbocycles. The Morgan fingerprint density at radius 3 is 2.61 bits per heavy atom. The van der Waals surface area contributed by atoms with Crippen molar-refractivity contribution in [2.45, 2.75) is 0 Å². The molecule has 170 valence electrons. The first-order valence-corrected chi connectivity index (χ1v) is 10.7. The number of hydrogen-bond donors (Lipinski definition) is 3. The van der Waals surface area contributed by atoms with E-state index in [-0.39, 0.29) is 27.4 Å². The molecule has 0 saturated carbocycles. The maximum absolute atomic E-state index is 11.1. The number of aromatic nitrogens is 3. The molecule has 3 N–H and O–H groups in total. The van der Waals surface area contributed by atoms with Crippen molar-refractivity contribution in [3.05, 3.63) is 62.6 Å². The number of aromatic hydroxyl groups is 1. The average molecular weight is 515 g/mol. The summed E-state index contributed by atoms with van der Waals surface area (Å²) in [4.78, 5) is 25.8. The van der Waals surface area contributed by atoms with Crippen LogP contribution in [-0.2, 0) is 4.74 Å². The number of nitrogens with one attached hydrogen (secondary N) is 2. The number of hydrogen-bond acceptors (Lipinski definition) is 11. The van der Waals surface area contributed by atoms with Crippen LogP contribution in [0.2, 0.25) is 0 Å². The highest BCUT2D eigenvalue weighted by molar-refractivity contribution is 9.10. The number of nitro benzene ring substituents is 1. The van der Waals surface area contributed by atoms with Crippen LogP contribution in [0.3, 0.4) is 0 Å². The maximum atomic E-state index is 11.1. The molecule has 0 radical (unpaired) electrons. The minimum Gasteiger partial charge on any atom is -0.506 e. The van der Waals surface area contributed by atoms with Crippen LogP contribution in [0.4, 0.5) is 29.2 Å². The smallest absolute Gasteiger partial charge is 0.271 e. The molecule has 1 saturated heterocycles. The molecule has 1 aliphatic heterocycles. The summed E-state index contributed by atoms with van der Waals surface area (Å²) in [5.41, 5.74) is 3.47. The number of phenolic OH excluding ortho intramolecular Hbond substituents is 1. The number of hydrazone groups is 1. The second-order valence-electron chi connectivity index (χ2n) is 6.87. The normalized spacial score (nSPS) is 13.8. The van der Waals surface area contributed by atoms with Crippen LogP contribution in [0.15, 0.2) is 52.0 Å². The lowest BCUT2D eigenvalue weighted by atomic mass is 10.2. The molecule has 0 aliphatic carbocycles. The summed E-state index contributed by atoms with van der Waals surface area (Å²) < 4.78 is 5.58. The third kappa shape index (κ3) is 5.70. The first-order valence-electron chi connectivity index (χ1n) is 9.86. The Hall–Kier alpha value is -3.84. The van der Waals surface area contributed by atoms with Crippen LogP contribution in [-0.4, -0.2) is 57.5 Å². The van der Waals surface area contributed by atoms with Gasteiger partial charge in [-0.05, 0) is 28.1 Å². The highest BCUT2D eigenvalue weighted by Gasteiger charge is 2.17. The summed E-state index contributed by atoms with van der Waals surface area (Å²) in [5.74, 6) is 0.745. The molecule has 0 atom stereocenters. The van der Waals surface area contributed by atoms with E-state index < -0.39 is 4.92 Å². The van der Waals surface area contributed by atoms with E-state index in [4.69, 9.17) is 4.74 Å². The highest BCUT2D eigenvalue weighted by Crippen LogP contribution is 2.31. The number of non-ortho nitro benzene ring substituents is 1. The van der Waals surface area contributed by atoms with Gasteiger partial charge in [-0.3, -0.25) is 10.1 Å². The van der Waals surface area contributed by atoms with Crippen LogP contribution >= 0.6 is 15.9 Å². The summed E-state index contributed by atoms with van der Waals surface area (Å²) in [6.45, 7) is 2.39. The molecule has 0 unspecified atom stereocenters. The molecule has 0 amide bonds.